The Morgan fingerprint density at radius 1 is 1.38 bits per heavy atom. The lowest BCUT2D eigenvalue weighted by Crippen LogP contribution is -2.27. The molecule has 1 aromatic heterocycles. The van der Waals surface area contributed by atoms with Crippen molar-refractivity contribution >= 4 is 11.8 Å². The van der Waals surface area contributed by atoms with Crippen LogP contribution in [0.15, 0.2) is 17.2 Å². The third-order valence-corrected chi connectivity index (χ3v) is 3.44. The van der Waals surface area contributed by atoms with E-state index in [0.29, 0.717) is 6.04 Å². The molecule has 0 saturated carbocycles. The molecular formula is C13H22N2S. The normalized spacial score (nSPS) is 12.8. The monoisotopic (exact) mass is 238 g/mol. The van der Waals surface area contributed by atoms with E-state index in [9.17, 15) is 0 Å². The zero-order chi connectivity index (χ0) is 12.0. The van der Waals surface area contributed by atoms with Crippen LogP contribution >= 0.6 is 11.8 Å². The number of hydrogen-bond donors (Lipinski definition) is 1. The molecule has 0 aliphatic carbocycles. The maximum Gasteiger partial charge on any atom is 0.0966 e. The Morgan fingerprint density at radius 3 is 2.75 bits per heavy atom. The number of aromatic nitrogens is 1. The number of aryl methyl sites for hydroxylation is 2. The lowest BCUT2D eigenvalue weighted by molar-refractivity contribution is 0.555. The molecule has 1 atom stereocenters. The molecule has 2 nitrogen and oxygen atoms in total. The maximum absolute atomic E-state index is 4.51. The fourth-order valence-electron chi connectivity index (χ4n) is 1.48. The molecule has 0 bridgehead atoms. The van der Waals surface area contributed by atoms with E-state index >= 15 is 0 Å². The van der Waals surface area contributed by atoms with E-state index in [1.807, 2.05) is 11.8 Å². The van der Waals surface area contributed by atoms with Crippen LogP contribution in [0.4, 0.5) is 0 Å². The standard InChI is InChI=1S/C13H22N2S/c1-5-11(3)14-6-7-16-13-9-10(2)8-12(4)15-13/h8-9,11,14H,5-7H2,1-4H3. The van der Waals surface area contributed by atoms with Crippen LogP contribution in [-0.4, -0.2) is 23.3 Å². The van der Waals surface area contributed by atoms with Crippen molar-refractivity contribution in [2.24, 2.45) is 0 Å². The van der Waals surface area contributed by atoms with Crippen LogP contribution in [0.5, 0.6) is 0 Å². The Hall–Kier alpha value is -0.540. The summed E-state index contributed by atoms with van der Waals surface area (Å²) in [7, 11) is 0. The molecule has 0 saturated heterocycles. The molecule has 0 amide bonds. The van der Waals surface area contributed by atoms with Crippen molar-refractivity contribution in [2.45, 2.75) is 45.2 Å². The minimum Gasteiger partial charge on any atom is -0.313 e. The first-order chi connectivity index (χ1) is 7.61. The molecule has 0 radical (unpaired) electrons. The van der Waals surface area contributed by atoms with Crippen molar-refractivity contribution < 1.29 is 0 Å². The van der Waals surface area contributed by atoms with Gasteiger partial charge in [-0.25, -0.2) is 4.98 Å². The average molecular weight is 238 g/mol. The fourth-order valence-corrected chi connectivity index (χ4v) is 2.39. The molecule has 0 aliphatic heterocycles. The van der Waals surface area contributed by atoms with E-state index in [1.165, 1.54) is 12.0 Å². The van der Waals surface area contributed by atoms with Crippen LogP contribution in [-0.2, 0) is 0 Å². The maximum atomic E-state index is 4.51. The smallest absolute Gasteiger partial charge is 0.0966 e. The van der Waals surface area contributed by atoms with Gasteiger partial charge in [0.15, 0.2) is 0 Å². The Labute approximate surface area is 103 Å². The fraction of sp³-hybridized carbons (Fsp3) is 0.615. The van der Waals surface area contributed by atoms with Gasteiger partial charge >= 0.3 is 0 Å². The third-order valence-electron chi connectivity index (χ3n) is 2.53. The van der Waals surface area contributed by atoms with Gasteiger partial charge in [-0.2, -0.15) is 0 Å². The third kappa shape index (κ3) is 4.99. The van der Waals surface area contributed by atoms with Gasteiger partial charge < -0.3 is 5.32 Å². The Morgan fingerprint density at radius 2 is 2.12 bits per heavy atom. The second-order valence-electron chi connectivity index (χ2n) is 4.24. The number of pyridine rings is 1. The number of nitrogens with zero attached hydrogens (tertiary/aromatic N) is 1. The zero-order valence-corrected chi connectivity index (χ0v) is 11.5. The zero-order valence-electron chi connectivity index (χ0n) is 10.7. The molecule has 1 N–H and O–H groups in total. The van der Waals surface area contributed by atoms with Gasteiger partial charge in [-0.1, -0.05) is 6.92 Å². The molecule has 0 fully saturated rings. The second kappa shape index (κ2) is 6.92. The summed E-state index contributed by atoms with van der Waals surface area (Å²) in [4.78, 5) is 4.51. The Bertz CT molecular complexity index is 305. The van der Waals surface area contributed by atoms with Gasteiger partial charge in [0.2, 0.25) is 0 Å². The van der Waals surface area contributed by atoms with Crippen LogP contribution in [0.3, 0.4) is 0 Å². The minimum atomic E-state index is 0.618. The number of hydrogen-bond acceptors (Lipinski definition) is 3. The molecule has 1 aromatic rings. The second-order valence-corrected chi connectivity index (χ2v) is 5.35. The van der Waals surface area contributed by atoms with Crippen molar-refractivity contribution in [1.29, 1.82) is 0 Å². The summed E-state index contributed by atoms with van der Waals surface area (Å²) in [5.41, 5.74) is 2.40. The van der Waals surface area contributed by atoms with Gasteiger partial charge in [-0.3, -0.25) is 0 Å². The summed E-state index contributed by atoms with van der Waals surface area (Å²) in [6.07, 6.45) is 1.19. The molecule has 1 unspecified atom stereocenters. The number of thioether (sulfide) groups is 1. The van der Waals surface area contributed by atoms with Crippen LogP contribution in [0.25, 0.3) is 0 Å². The van der Waals surface area contributed by atoms with Crippen LogP contribution < -0.4 is 5.32 Å². The SMILES string of the molecule is CCC(C)NCCSc1cc(C)cc(C)n1. The lowest BCUT2D eigenvalue weighted by atomic mass is 10.3. The summed E-state index contributed by atoms with van der Waals surface area (Å²) in [5, 5.41) is 4.63. The first-order valence-electron chi connectivity index (χ1n) is 5.93. The van der Waals surface area contributed by atoms with Crippen LogP contribution in [0.2, 0.25) is 0 Å². The highest BCUT2D eigenvalue weighted by Gasteiger charge is 2.00. The molecule has 3 heteroatoms. The van der Waals surface area contributed by atoms with E-state index in [0.717, 1.165) is 23.0 Å². The summed E-state index contributed by atoms with van der Waals surface area (Å²) in [5.74, 6) is 1.08. The highest BCUT2D eigenvalue weighted by molar-refractivity contribution is 7.99. The Kier molecular flexibility index (Phi) is 5.85. The number of nitrogens with one attached hydrogen (secondary N) is 1. The summed E-state index contributed by atoms with van der Waals surface area (Å²) < 4.78 is 0. The molecule has 0 aromatic carbocycles. The van der Waals surface area contributed by atoms with Gasteiger partial charge in [0.1, 0.15) is 0 Å². The summed E-state index contributed by atoms with van der Waals surface area (Å²) in [6.45, 7) is 9.65. The van der Waals surface area contributed by atoms with Gasteiger partial charge in [-0.05, 0) is 44.9 Å². The van der Waals surface area contributed by atoms with Crippen LogP contribution in [0, 0.1) is 13.8 Å². The summed E-state index contributed by atoms with van der Waals surface area (Å²) >= 11 is 1.83. The largest absolute Gasteiger partial charge is 0.313 e. The molecule has 1 rings (SSSR count). The molecular weight excluding hydrogens is 216 g/mol. The predicted molar refractivity (Wildman–Crippen MR) is 72.2 cm³/mol. The van der Waals surface area contributed by atoms with E-state index in [4.69, 9.17) is 0 Å². The molecule has 16 heavy (non-hydrogen) atoms. The quantitative estimate of drug-likeness (QED) is 0.608. The molecule has 0 aliphatic rings. The molecule has 1 heterocycles. The molecule has 90 valence electrons. The van der Waals surface area contributed by atoms with Crippen molar-refractivity contribution in [3.8, 4) is 0 Å². The first-order valence-corrected chi connectivity index (χ1v) is 6.92. The van der Waals surface area contributed by atoms with Gasteiger partial charge in [0.25, 0.3) is 0 Å². The number of rotatable bonds is 6. The lowest BCUT2D eigenvalue weighted by Gasteiger charge is -2.10. The van der Waals surface area contributed by atoms with Crippen molar-refractivity contribution in [2.75, 3.05) is 12.3 Å². The van der Waals surface area contributed by atoms with E-state index in [2.05, 4.69) is 50.1 Å². The van der Waals surface area contributed by atoms with E-state index < -0.39 is 0 Å². The highest BCUT2D eigenvalue weighted by Crippen LogP contribution is 2.16. The van der Waals surface area contributed by atoms with Gasteiger partial charge in [-0.15, -0.1) is 11.8 Å². The Balaban J connectivity index is 2.32. The average Bonchev–Trinajstić information content (AvgIpc) is 2.22. The van der Waals surface area contributed by atoms with Gasteiger partial charge in [0, 0.05) is 24.0 Å². The van der Waals surface area contributed by atoms with Crippen molar-refractivity contribution in [1.82, 2.24) is 10.3 Å². The minimum absolute atomic E-state index is 0.618. The van der Waals surface area contributed by atoms with E-state index in [-0.39, 0.29) is 0 Å². The van der Waals surface area contributed by atoms with Gasteiger partial charge in [0.05, 0.1) is 5.03 Å². The first kappa shape index (κ1) is 13.5. The predicted octanol–water partition coefficient (Wildman–Crippen LogP) is 3.18. The summed E-state index contributed by atoms with van der Waals surface area (Å²) in [6, 6.07) is 4.88. The van der Waals surface area contributed by atoms with E-state index in [1.54, 1.807) is 0 Å². The van der Waals surface area contributed by atoms with Crippen molar-refractivity contribution in [3.05, 3.63) is 23.4 Å². The highest BCUT2D eigenvalue weighted by atomic mass is 32.2. The van der Waals surface area contributed by atoms with Crippen LogP contribution in [0.1, 0.15) is 31.5 Å². The molecule has 0 spiro atoms. The topological polar surface area (TPSA) is 24.9 Å². The van der Waals surface area contributed by atoms with Crippen molar-refractivity contribution in [3.63, 3.8) is 0 Å².